The lowest BCUT2D eigenvalue weighted by Crippen LogP contribution is -2.46. The third kappa shape index (κ3) is 6.64. The van der Waals surface area contributed by atoms with Crippen molar-refractivity contribution in [2.45, 2.75) is 6.54 Å². The van der Waals surface area contributed by atoms with Gasteiger partial charge in [-0.3, -0.25) is 9.69 Å². The smallest absolute Gasteiger partial charge is 0.262 e. The number of nitrogens with zero attached hydrogens (tertiary/aromatic N) is 2. The molecule has 1 N–H and O–H groups in total. The van der Waals surface area contributed by atoms with Gasteiger partial charge in [-0.2, -0.15) is 0 Å². The molecule has 0 unspecified atom stereocenters. The Balaban J connectivity index is 1.28. The van der Waals surface area contributed by atoms with Crippen LogP contribution in [0.5, 0.6) is 5.75 Å². The third-order valence-electron chi connectivity index (χ3n) is 5.48. The fraction of sp³-hybridized carbons (Fsp3) is 0.240. The summed E-state index contributed by atoms with van der Waals surface area (Å²) in [5, 5.41) is 4.26. The Hall–Kier alpha value is -2.25. The Kier molecular flexibility index (Phi) is 8.15. The highest BCUT2D eigenvalue weighted by atomic mass is 79.9. The lowest BCUT2D eigenvalue weighted by Gasteiger charge is -2.36. The molecule has 0 radical (unpaired) electrons. The number of carbonyl (C=O) groups is 1. The van der Waals surface area contributed by atoms with Crippen LogP contribution in [-0.2, 0) is 11.3 Å². The van der Waals surface area contributed by atoms with E-state index in [4.69, 9.17) is 27.9 Å². The molecule has 4 rings (SSSR count). The average molecular weight is 549 g/mol. The molecule has 172 valence electrons. The minimum Gasteiger partial charge on any atom is -0.484 e. The predicted molar refractivity (Wildman–Crippen MR) is 139 cm³/mol. The van der Waals surface area contributed by atoms with Crippen LogP contribution in [0.1, 0.15) is 5.56 Å². The first-order valence-corrected chi connectivity index (χ1v) is 12.2. The molecule has 33 heavy (non-hydrogen) atoms. The molecule has 0 aliphatic carbocycles. The van der Waals surface area contributed by atoms with E-state index in [1.807, 2.05) is 42.5 Å². The van der Waals surface area contributed by atoms with Crippen molar-refractivity contribution in [1.82, 2.24) is 4.90 Å². The van der Waals surface area contributed by atoms with Gasteiger partial charge >= 0.3 is 0 Å². The second-order valence-corrected chi connectivity index (χ2v) is 9.54. The zero-order valence-electron chi connectivity index (χ0n) is 17.9. The van der Waals surface area contributed by atoms with E-state index in [9.17, 15) is 4.79 Å². The van der Waals surface area contributed by atoms with Gasteiger partial charge in [0.25, 0.3) is 5.91 Å². The molecule has 0 saturated carbocycles. The number of piperazine rings is 1. The minimum atomic E-state index is -0.241. The number of anilines is 2. The predicted octanol–water partition coefficient (Wildman–Crippen LogP) is 6.10. The van der Waals surface area contributed by atoms with Crippen LogP contribution >= 0.6 is 39.1 Å². The van der Waals surface area contributed by atoms with Gasteiger partial charge in [0.2, 0.25) is 0 Å². The number of nitrogens with one attached hydrogen (secondary N) is 1. The molecular weight excluding hydrogens is 525 g/mol. The van der Waals surface area contributed by atoms with Gasteiger partial charge < -0.3 is 15.0 Å². The number of benzene rings is 3. The molecule has 0 aromatic heterocycles. The zero-order chi connectivity index (χ0) is 23.2. The van der Waals surface area contributed by atoms with Crippen molar-refractivity contribution >= 4 is 56.4 Å². The monoisotopic (exact) mass is 547 g/mol. The Bertz CT molecular complexity index is 1100. The number of hydrogen-bond acceptors (Lipinski definition) is 4. The van der Waals surface area contributed by atoms with E-state index in [1.165, 1.54) is 0 Å². The van der Waals surface area contributed by atoms with E-state index in [0.29, 0.717) is 16.5 Å². The van der Waals surface area contributed by atoms with Crippen LogP contribution in [0.25, 0.3) is 0 Å². The number of amides is 1. The summed E-state index contributed by atoms with van der Waals surface area (Å²) in [6, 6.07) is 20.9. The standard InChI is InChI=1S/C25H24BrCl2N3O2/c26-19-5-8-21(9-6-19)33-17-25(32)29-20-7-10-24(23(28)15-20)31-13-11-30(12-14-31)16-18-3-1-2-4-22(18)27/h1-10,15H,11-14,16-17H2,(H,29,32). The molecule has 1 heterocycles. The van der Waals surface area contributed by atoms with Gasteiger partial charge in [-0.25, -0.2) is 0 Å². The van der Waals surface area contributed by atoms with Gasteiger partial charge in [0, 0.05) is 47.9 Å². The molecule has 1 fully saturated rings. The number of carbonyl (C=O) groups excluding carboxylic acids is 1. The van der Waals surface area contributed by atoms with E-state index < -0.39 is 0 Å². The molecule has 1 amide bonds. The molecule has 1 aliphatic rings. The van der Waals surface area contributed by atoms with Crippen molar-refractivity contribution in [3.05, 3.63) is 86.8 Å². The highest BCUT2D eigenvalue weighted by Gasteiger charge is 2.20. The molecule has 8 heteroatoms. The Labute approximate surface area is 212 Å². The molecule has 0 atom stereocenters. The summed E-state index contributed by atoms with van der Waals surface area (Å²) in [6.07, 6.45) is 0. The van der Waals surface area contributed by atoms with Crippen LogP contribution < -0.4 is 15.0 Å². The van der Waals surface area contributed by atoms with Crippen LogP contribution in [0.4, 0.5) is 11.4 Å². The summed E-state index contributed by atoms with van der Waals surface area (Å²) in [4.78, 5) is 16.9. The first kappa shape index (κ1) is 23.9. The summed E-state index contributed by atoms with van der Waals surface area (Å²) >= 11 is 16.2. The average Bonchev–Trinajstić information content (AvgIpc) is 2.81. The maximum Gasteiger partial charge on any atom is 0.262 e. The fourth-order valence-electron chi connectivity index (χ4n) is 3.73. The first-order chi connectivity index (χ1) is 16.0. The summed E-state index contributed by atoms with van der Waals surface area (Å²) in [7, 11) is 0. The highest BCUT2D eigenvalue weighted by molar-refractivity contribution is 9.10. The van der Waals surface area contributed by atoms with E-state index in [2.05, 4.69) is 37.1 Å². The quantitative estimate of drug-likeness (QED) is 0.387. The second kappa shape index (κ2) is 11.3. The molecule has 1 saturated heterocycles. The van der Waals surface area contributed by atoms with Gasteiger partial charge in [-0.15, -0.1) is 0 Å². The maximum atomic E-state index is 12.2. The molecule has 0 bridgehead atoms. The second-order valence-electron chi connectivity index (χ2n) is 7.81. The van der Waals surface area contributed by atoms with Crippen molar-refractivity contribution in [3.8, 4) is 5.75 Å². The van der Waals surface area contributed by atoms with E-state index in [0.717, 1.165) is 53.5 Å². The van der Waals surface area contributed by atoms with Gasteiger partial charge in [-0.1, -0.05) is 57.3 Å². The SMILES string of the molecule is O=C(COc1ccc(Br)cc1)Nc1ccc(N2CCN(Cc3ccccc3Cl)CC2)c(Cl)c1. The van der Waals surface area contributed by atoms with Gasteiger partial charge in [0.15, 0.2) is 6.61 Å². The van der Waals surface area contributed by atoms with Gasteiger partial charge in [0.1, 0.15) is 5.75 Å². The van der Waals surface area contributed by atoms with E-state index in [-0.39, 0.29) is 12.5 Å². The number of ether oxygens (including phenoxy) is 1. The van der Waals surface area contributed by atoms with Gasteiger partial charge in [-0.05, 0) is 54.1 Å². The lowest BCUT2D eigenvalue weighted by molar-refractivity contribution is -0.118. The fourth-order valence-corrected chi connectivity index (χ4v) is 4.49. The Morgan fingerprint density at radius 1 is 0.939 bits per heavy atom. The van der Waals surface area contributed by atoms with Crippen LogP contribution in [-0.4, -0.2) is 43.6 Å². The molecule has 3 aromatic rings. The summed E-state index contributed by atoms with van der Waals surface area (Å²) in [5.41, 5.74) is 2.76. The van der Waals surface area contributed by atoms with Crippen molar-refractivity contribution in [1.29, 1.82) is 0 Å². The van der Waals surface area contributed by atoms with Crippen LogP contribution in [0.2, 0.25) is 10.0 Å². The van der Waals surface area contributed by atoms with Crippen molar-refractivity contribution < 1.29 is 9.53 Å². The van der Waals surface area contributed by atoms with Crippen molar-refractivity contribution in [2.24, 2.45) is 0 Å². The van der Waals surface area contributed by atoms with Gasteiger partial charge in [0.05, 0.1) is 10.7 Å². The topological polar surface area (TPSA) is 44.8 Å². The number of rotatable bonds is 7. The van der Waals surface area contributed by atoms with E-state index >= 15 is 0 Å². The molecule has 0 spiro atoms. The zero-order valence-corrected chi connectivity index (χ0v) is 21.0. The Morgan fingerprint density at radius 3 is 2.36 bits per heavy atom. The summed E-state index contributed by atoms with van der Waals surface area (Å²) in [6.45, 7) is 4.36. The summed E-state index contributed by atoms with van der Waals surface area (Å²) in [5.74, 6) is 0.394. The normalized spacial score (nSPS) is 14.2. The van der Waals surface area contributed by atoms with Crippen LogP contribution in [0.15, 0.2) is 71.2 Å². The Morgan fingerprint density at radius 2 is 1.67 bits per heavy atom. The summed E-state index contributed by atoms with van der Waals surface area (Å²) < 4.78 is 6.47. The van der Waals surface area contributed by atoms with Crippen molar-refractivity contribution in [3.63, 3.8) is 0 Å². The minimum absolute atomic E-state index is 0.0750. The lowest BCUT2D eigenvalue weighted by atomic mass is 10.2. The van der Waals surface area contributed by atoms with E-state index in [1.54, 1.807) is 18.2 Å². The molecule has 1 aliphatic heterocycles. The number of hydrogen-bond donors (Lipinski definition) is 1. The maximum absolute atomic E-state index is 12.2. The van der Waals surface area contributed by atoms with Crippen molar-refractivity contribution in [2.75, 3.05) is 43.0 Å². The third-order valence-corrected chi connectivity index (χ3v) is 6.68. The molecular formula is C25H24BrCl2N3O2. The molecule has 5 nitrogen and oxygen atoms in total. The van der Waals surface area contributed by atoms with Crippen LogP contribution in [0.3, 0.4) is 0 Å². The molecule has 3 aromatic carbocycles. The van der Waals surface area contributed by atoms with Crippen LogP contribution in [0, 0.1) is 0 Å². The highest BCUT2D eigenvalue weighted by Crippen LogP contribution is 2.30. The number of halogens is 3. The first-order valence-electron chi connectivity index (χ1n) is 10.7. The largest absolute Gasteiger partial charge is 0.484 e.